The van der Waals surface area contributed by atoms with E-state index < -0.39 is 29.7 Å². The molecule has 3 aliphatic heterocycles. The number of amides is 4. The van der Waals surface area contributed by atoms with Gasteiger partial charge in [-0.2, -0.15) is 13.2 Å². The van der Waals surface area contributed by atoms with Crippen LogP contribution in [-0.4, -0.2) is 65.3 Å². The topological polar surface area (TPSA) is 73.0 Å². The lowest BCUT2D eigenvalue weighted by atomic mass is 9.91. The van der Waals surface area contributed by atoms with Crippen molar-refractivity contribution in [2.75, 3.05) is 32.7 Å². The fourth-order valence-corrected chi connectivity index (χ4v) is 4.66. The third-order valence-corrected chi connectivity index (χ3v) is 6.24. The number of nitrogens with zero attached hydrogens (tertiary/aromatic N) is 3. The SMILES string of the molecule is CCN1C(=O)NC(c2ccccc2C(F)(F)F)C2=C1CN(CCC(=O)N1CCCC1)C2=O. The van der Waals surface area contributed by atoms with Gasteiger partial charge in [-0.05, 0) is 31.4 Å². The summed E-state index contributed by atoms with van der Waals surface area (Å²) in [6.45, 7) is 3.66. The Morgan fingerprint density at radius 2 is 1.84 bits per heavy atom. The summed E-state index contributed by atoms with van der Waals surface area (Å²) < 4.78 is 40.9. The normalized spacial score (nSPS) is 21.4. The fraction of sp³-hybridized carbons (Fsp3) is 0.500. The van der Waals surface area contributed by atoms with Crippen molar-refractivity contribution in [2.24, 2.45) is 0 Å². The molecule has 3 aliphatic rings. The molecule has 7 nitrogen and oxygen atoms in total. The first kappa shape index (κ1) is 22.2. The second kappa shape index (κ2) is 8.48. The Labute approximate surface area is 183 Å². The number of hydrogen-bond donors (Lipinski definition) is 1. The lowest BCUT2D eigenvalue weighted by Gasteiger charge is -2.33. The predicted molar refractivity (Wildman–Crippen MR) is 109 cm³/mol. The fourth-order valence-electron chi connectivity index (χ4n) is 4.66. The third kappa shape index (κ3) is 3.93. The van der Waals surface area contributed by atoms with Crippen molar-refractivity contribution in [3.63, 3.8) is 0 Å². The third-order valence-electron chi connectivity index (χ3n) is 6.24. The largest absolute Gasteiger partial charge is 0.416 e. The molecule has 32 heavy (non-hydrogen) atoms. The number of likely N-dealkylation sites (N-methyl/N-ethyl adjacent to an activating group) is 1. The first-order valence-corrected chi connectivity index (χ1v) is 10.8. The lowest BCUT2D eigenvalue weighted by Crippen LogP contribution is -2.47. The number of alkyl halides is 3. The zero-order chi connectivity index (χ0) is 23.0. The average Bonchev–Trinajstić information content (AvgIpc) is 3.40. The number of carbonyl (C=O) groups excluding carboxylic acids is 3. The van der Waals surface area contributed by atoms with Gasteiger partial charge in [0.15, 0.2) is 0 Å². The van der Waals surface area contributed by atoms with Crippen LogP contribution in [0.25, 0.3) is 0 Å². The quantitative estimate of drug-likeness (QED) is 0.750. The van der Waals surface area contributed by atoms with Crippen LogP contribution < -0.4 is 5.32 Å². The molecule has 0 aromatic heterocycles. The maximum Gasteiger partial charge on any atom is 0.416 e. The molecule has 0 spiro atoms. The van der Waals surface area contributed by atoms with Gasteiger partial charge in [-0.1, -0.05) is 18.2 Å². The van der Waals surface area contributed by atoms with Crippen LogP contribution in [0.2, 0.25) is 0 Å². The highest BCUT2D eigenvalue weighted by Crippen LogP contribution is 2.41. The Morgan fingerprint density at radius 3 is 2.50 bits per heavy atom. The van der Waals surface area contributed by atoms with Crippen LogP contribution >= 0.6 is 0 Å². The number of hydrogen-bond acceptors (Lipinski definition) is 3. The molecule has 1 aromatic carbocycles. The van der Waals surface area contributed by atoms with Crippen molar-refractivity contribution in [3.8, 4) is 0 Å². The monoisotopic (exact) mass is 450 g/mol. The van der Waals surface area contributed by atoms with E-state index in [1.807, 2.05) is 0 Å². The van der Waals surface area contributed by atoms with Crippen LogP contribution in [0, 0.1) is 0 Å². The van der Waals surface area contributed by atoms with Gasteiger partial charge in [0.25, 0.3) is 5.91 Å². The van der Waals surface area contributed by atoms with E-state index in [4.69, 9.17) is 0 Å². The Morgan fingerprint density at radius 1 is 1.16 bits per heavy atom. The molecule has 0 aliphatic carbocycles. The zero-order valence-corrected chi connectivity index (χ0v) is 17.7. The highest BCUT2D eigenvalue weighted by atomic mass is 19.4. The number of nitrogens with one attached hydrogen (secondary N) is 1. The summed E-state index contributed by atoms with van der Waals surface area (Å²) in [5.74, 6) is -0.490. The molecule has 1 N–H and O–H groups in total. The van der Waals surface area contributed by atoms with E-state index in [0.717, 1.165) is 18.9 Å². The Kier molecular flexibility index (Phi) is 5.87. The molecule has 1 aromatic rings. The average molecular weight is 450 g/mol. The van der Waals surface area contributed by atoms with Gasteiger partial charge in [-0.25, -0.2) is 4.79 Å². The van der Waals surface area contributed by atoms with Gasteiger partial charge in [0.1, 0.15) is 0 Å². The minimum Gasteiger partial charge on any atom is -0.343 e. The van der Waals surface area contributed by atoms with Gasteiger partial charge < -0.3 is 15.1 Å². The van der Waals surface area contributed by atoms with Crippen LogP contribution in [-0.2, 0) is 15.8 Å². The predicted octanol–water partition coefficient (Wildman–Crippen LogP) is 2.90. The van der Waals surface area contributed by atoms with Crippen molar-refractivity contribution in [1.29, 1.82) is 0 Å². The van der Waals surface area contributed by atoms with Gasteiger partial charge in [0, 0.05) is 32.6 Å². The second-order valence-corrected chi connectivity index (χ2v) is 8.14. The van der Waals surface area contributed by atoms with E-state index in [1.54, 1.807) is 11.8 Å². The van der Waals surface area contributed by atoms with Gasteiger partial charge >= 0.3 is 12.2 Å². The molecule has 0 saturated carbocycles. The molecule has 0 radical (unpaired) electrons. The first-order chi connectivity index (χ1) is 15.2. The first-order valence-electron chi connectivity index (χ1n) is 10.8. The Bertz CT molecular complexity index is 969. The molecule has 4 rings (SSSR count). The summed E-state index contributed by atoms with van der Waals surface area (Å²) in [6.07, 6.45) is -2.56. The van der Waals surface area contributed by atoms with Gasteiger partial charge in [-0.3, -0.25) is 14.5 Å². The van der Waals surface area contributed by atoms with Gasteiger partial charge in [0.2, 0.25) is 5.91 Å². The van der Waals surface area contributed by atoms with E-state index in [1.165, 1.54) is 28.0 Å². The summed E-state index contributed by atoms with van der Waals surface area (Å²) in [5.41, 5.74) is -0.522. The highest BCUT2D eigenvalue weighted by molar-refractivity contribution is 6.01. The summed E-state index contributed by atoms with van der Waals surface area (Å²) in [4.78, 5) is 42.9. The van der Waals surface area contributed by atoms with E-state index in [0.29, 0.717) is 18.8 Å². The molecule has 172 valence electrons. The molecule has 1 atom stereocenters. The molecule has 1 unspecified atom stereocenters. The molecule has 1 saturated heterocycles. The van der Waals surface area contributed by atoms with Crippen LogP contribution in [0.5, 0.6) is 0 Å². The van der Waals surface area contributed by atoms with Crippen molar-refractivity contribution >= 4 is 17.8 Å². The maximum absolute atomic E-state index is 13.6. The standard InChI is InChI=1S/C22H25F3N4O3/c1-2-29-16-13-28(12-9-17(30)27-10-5-6-11-27)20(31)18(16)19(26-21(29)32)14-7-3-4-8-15(14)22(23,24)25/h3-4,7-8,19H,2,5-6,9-13H2,1H3,(H,26,32). The maximum atomic E-state index is 13.6. The van der Waals surface area contributed by atoms with E-state index in [9.17, 15) is 27.6 Å². The number of carbonyl (C=O) groups is 3. The van der Waals surface area contributed by atoms with E-state index in [2.05, 4.69) is 5.32 Å². The van der Waals surface area contributed by atoms with Crippen molar-refractivity contribution < 1.29 is 27.6 Å². The molecule has 10 heteroatoms. The summed E-state index contributed by atoms with van der Waals surface area (Å²) >= 11 is 0. The summed E-state index contributed by atoms with van der Waals surface area (Å²) in [6, 6.07) is 3.21. The molecular weight excluding hydrogens is 425 g/mol. The number of benzene rings is 1. The Hall–Kier alpha value is -3.04. The van der Waals surface area contributed by atoms with E-state index in [-0.39, 0.29) is 43.1 Å². The lowest BCUT2D eigenvalue weighted by molar-refractivity contribution is -0.138. The van der Waals surface area contributed by atoms with Crippen molar-refractivity contribution in [3.05, 3.63) is 46.7 Å². The second-order valence-electron chi connectivity index (χ2n) is 8.14. The smallest absolute Gasteiger partial charge is 0.343 e. The van der Waals surface area contributed by atoms with Crippen LogP contribution in [0.3, 0.4) is 0 Å². The number of halogens is 3. The molecule has 0 bridgehead atoms. The van der Waals surface area contributed by atoms with Crippen LogP contribution in [0.1, 0.15) is 43.4 Å². The minimum absolute atomic E-state index is 0.0410. The highest BCUT2D eigenvalue weighted by Gasteiger charge is 2.46. The molecule has 1 fully saturated rings. The number of urea groups is 1. The zero-order valence-electron chi connectivity index (χ0n) is 17.7. The summed E-state index contributed by atoms with van der Waals surface area (Å²) in [5, 5.41) is 2.58. The van der Waals surface area contributed by atoms with E-state index >= 15 is 0 Å². The number of likely N-dealkylation sites (tertiary alicyclic amines) is 1. The summed E-state index contributed by atoms with van der Waals surface area (Å²) in [7, 11) is 0. The van der Waals surface area contributed by atoms with Crippen molar-refractivity contribution in [2.45, 2.75) is 38.4 Å². The molecule has 3 heterocycles. The molecule has 4 amide bonds. The van der Waals surface area contributed by atoms with Crippen LogP contribution in [0.15, 0.2) is 35.5 Å². The molecular formula is C22H25F3N4O3. The Balaban J connectivity index is 1.62. The van der Waals surface area contributed by atoms with Crippen LogP contribution in [0.4, 0.5) is 18.0 Å². The number of rotatable bonds is 5. The van der Waals surface area contributed by atoms with Gasteiger partial charge in [-0.15, -0.1) is 0 Å². The van der Waals surface area contributed by atoms with Gasteiger partial charge in [0.05, 0.1) is 29.4 Å². The minimum atomic E-state index is -4.63. The van der Waals surface area contributed by atoms with Crippen molar-refractivity contribution in [1.82, 2.24) is 20.0 Å².